The molecule has 0 aliphatic rings. The number of fused-ring (bicyclic) bond motifs is 1. The first-order valence-corrected chi connectivity index (χ1v) is 10.8. The highest BCUT2D eigenvalue weighted by Gasteiger charge is 2.24. The van der Waals surface area contributed by atoms with Crippen molar-refractivity contribution in [1.82, 2.24) is 19.5 Å². The molecule has 0 radical (unpaired) electrons. The van der Waals surface area contributed by atoms with Crippen molar-refractivity contribution in [3.8, 4) is 5.75 Å². The first-order chi connectivity index (χ1) is 15.7. The predicted octanol–water partition coefficient (Wildman–Crippen LogP) is 3.35. The molecule has 0 bridgehead atoms. The Labute approximate surface area is 192 Å². The van der Waals surface area contributed by atoms with Gasteiger partial charge in [-0.2, -0.15) is 9.97 Å². The quantitative estimate of drug-likeness (QED) is 0.205. The summed E-state index contributed by atoms with van der Waals surface area (Å²) in [6, 6.07) is 14.7. The number of imidazole rings is 1. The van der Waals surface area contributed by atoms with E-state index >= 15 is 0 Å². The van der Waals surface area contributed by atoms with E-state index in [2.05, 4.69) is 25.6 Å². The van der Waals surface area contributed by atoms with Crippen LogP contribution in [0.15, 0.2) is 54.9 Å². The smallest absolute Gasteiger partial charge is 0.227 e. The van der Waals surface area contributed by atoms with E-state index in [1.807, 2.05) is 41.8 Å². The fourth-order valence-corrected chi connectivity index (χ4v) is 3.32. The lowest BCUT2D eigenvalue weighted by molar-refractivity contribution is 0.0646. The minimum absolute atomic E-state index is 0.144. The summed E-state index contributed by atoms with van der Waals surface area (Å²) in [6.07, 6.45) is 1.73. The van der Waals surface area contributed by atoms with Crippen molar-refractivity contribution in [1.29, 1.82) is 0 Å². The number of nitrogens with two attached hydrogens (primary N) is 1. The lowest BCUT2D eigenvalue weighted by Gasteiger charge is -2.26. The van der Waals surface area contributed by atoms with Gasteiger partial charge in [-0.05, 0) is 44.5 Å². The van der Waals surface area contributed by atoms with Crippen LogP contribution in [-0.4, -0.2) is 41.4 Å². The van der Waals surface area contributed by atoms with Crippen LogP contribution in [0.25, 0.3) is 11.2 Å². The summed E-state index contributed by atoms with van der Waals surface area (Å²) in [4.78, 5) is 13.8. The Morgan fingerprint density at radius 1 is 1.12 bits per heavy atom. The molecule has 1 unspecified atom stereocenters. The summed E-state index contributed by atoms with van der Waals surface area (Å²) < 4.78 is 1.95. The van der Waals surface area contributed by atoms with Crippen LogP contribution in [0.1, 0.15) is 31.9 Å². The van der Waals surface area contributed by atoms with Crippen molar-refractivity contribution in [2.75, 3.05) is 16.4 Å². The first kappa shape index (κ1) is 22.3. The Morgan fingerprint density at radius 3 is 2.61 bits per heavy atom. The zero-order valence-corrected chi connectivity index (χ0v) is 18.9. The van der Waals surface area contributed by atoms with Gasteiger partial charge in [0.1, 0.15) is 5.75 Å². The van der Waals surface area contributed by atoms with E-state index in [4.69, 9.17) is 5.73 Å². The van der Waals surface area contributed by atoms with Gasteiger partial charge >= 0.3 is 0 Å². The molecule has 2 aromatic carbocycles. The van der Waals surface area contributed by atoms with E-state index in [0.717, 1.165) is 5.56 Å². The maximum atomic E-state index is 10.4. The normalized spacial score (nSPS) is 12.6. The van der Waals surface area contributed by atoms with Crippen molar-refractivity contribution in [2.45, 2.75) is 45.5 Å². The molecule has 0 aliphatic heterocycles. The minimum Gasteiger partial charge on any atom is -0.508 e. The molecular weight excluding hydrogens is 418 g/mol. The van der Waals surface area contributed by atoms with E-state index in [9.17, 15) is 10.2 Å². The molecular formula is C24H29N7O2. The third kappa shape index (κ3) is 5.15. The van der Waals surface area contributed by atoms with Crippen LogP contribution in [0, 0.1) is 0 Å². The summed E-state index contributed by atoms with van der Waals surface area (Å²) >= 11 is 0. The molecule has 0 saturated carbocycles. The number of benzene rings is 2. The molecule has 4 aromatic rings. The highest BCUT2D eigenvalue weighted by molar-refractivity contribution is 5.84. The van der Waals surface area contributed by atoms with Crippen LogP contribution >= 0.6 is 0 Å². The number of nitrogens with zero attached hydrogens (tertiary/aromatic N) is 4. The third-order valence-electron chi connectivity index (χ3n) is 5.61. The Kier molecular flexibility index (Phi) is 6.06. The van der Waals surface area contributed by atoms with Gasteiger partial charge in [0.05, 0.1) is 24.5 Å². The molecule has 9 nitrogen and oxygen atoms in total. The van der Waals surface area contributed by atoms with Gasteiger partial charge < -0.3 is 31.1 Å². The molecule has 172 valence electrons. The van der Waals surface area contributed by atoms with Gasteiger partial charge in [-0.25, -0.2) is 4.98 Å². The molecule has 0 saturated heterocycles. The molecule has 1 atom stereocenters. The van der Waals surface area contributed by atoms with E-state index in [-0.39, 0.29) is 11.8 Å². The zero-order valence-electron chi connectivity index (χ0n) is 18.9. The number of aliphatic hydroxyl groups is 1. The highest BCUT2D eigenvalue weighted by Crippen LogP contribution is 2.26. The number of aromatic nitrogens is 4. The van der Waals surface area contributed by atoms with Gasteiger partial charge in [-0.15, -0.1) is 0 Å². The number of hydrogen-bond donors (Lipinski definition) is 5. The molecule has 2 heterocycles. The SMILES string of the molecule is CC(Nc1nc(NCc2cc(N)ccc2O)c2ncn(Cc3ccccc3)c2n1)C(C)(C)O. The van der Waals surface area contributed by atoms with Crippen LogP contribution < -0.4 is 16.4 Å². The van der Waals surface area contributed by atoms with Crippen molar-refractivity contribution in [3.63, 3.8) is 0 Å². The maximum absolute atomic E-state index is 10.4. The summed E-state index contributed by atoms with van der Waals surface area (Å²) in [7, 11) is 0. The fourth-order valence-electron chi connectivity index (χ4n) is 3.32. The second kappa shape index (κ2) is 8.95. The van der Waals surface area contributed by atoms with Gasteiger partial charge in [0.2, 0.25) is 5.95 Å². The summed E-state index contributed by atoms with van der Waals surface area (Å²) in [5.74, 6) is 1.02. The van der Waals surface area contributed by atoms with E-state index < -0.39 is 5.60 Å². The van der Waals surface area contributed by atoms with Crippen molar-refractivity contribution >= 4 is 28.6 Å². The largest absolute Gasteiger partial charge is 0.508 e. The Morgan fingerprint density at radius 2 is 1.88 bits per heavy atom. The Balaban J connectivity index is 1.71. The van der Waals surface area contributed by atoms with Crippen LogP contribution in [0.2, 0.25) is 0 Å². The van der Waals surface area contributed by atoms with Crippen molar-refractivity contribution in [2.24, 2.45) is 0 Å². The second-order valence-electron chi connectivity index (χ2n) is 8.69. The van der Waals surface area contributed by atoms with Crippen LogP contribution in [0.4, 0.5) is 17.5 Å². The Hall–Kier alpha value is -3.85. The number of phenolic OH excluding ortho intramolecular Hbond substituents is 1. The number of phenols is 1. The predicted molar refractivity (Wildman–Crippen MR) is 130 cm³/mol. The topological polar surface area (TPSA) is 134 Å². The van der Waals surface area contributed by atoms with Gasteiger partial charge in [-0.1, -0.05) is 30.3 Å². The molecule has 33 heavy (non-hydrogen) atoms. The second-order valence-corrected chi connectivity index (χ2v) is 8.69. The highest BCUT2D eigenvalue weighted by atomic mass is 16.3. The average molecular weight is 448 g/mol. The summed E-state index contributed by atoms with van der Waals surface area (Å²) in [6.45, 7) is 6.22. The Bertz CT molecular complexity index is 1250. The first-order valence-electron chi connectivity index (χ1n) is 10.8. The standard InChI is InChI=1S/C24H29N7O2/c1-15(24(2,3)33)28-23-29-21(26-12-17-11-18(25)9-10-19(17)32)20-22(30-23)31(14-27-20)13-16-7-5-4-6-8-16/h4-11,14-15,32-33H,12-13,25H2,1-3H3,(H2,26,28,29,30). The van der Waals surface area contributed by atoms with Gasteiger partial charge in [0.15, 0.2) is 17.0 Å². The average Bonchev–Trinajstić information content (AvgIpc) is 3.17. The molecule has 0 aliphatic carbocycles. The monoisotopic (exact) mass is 447 g/mol. The van der Waals surface area contributed by atoms with E-state index in [1.165, 1.54) is 0 Å². The van der Waals surface area contributed by atoms with E-state index in [0.29, 0.717) is 47.3 Å². The molecule has 0 spiro atoms. The third-order valence-corrected chi connectivity index (χ3v) is 5.61. The van der Waals surface area contributed by atoms with Crippen molar-refractivity contribution in [3.05, 3.63) is 66.0 Å². The number of nitrogens with one attached hydrogen (secondary N) is 2. The molecule has 2 aromatic heterocycles. The maximum Gasteiger partial charge on any atom is 0.227 e. The van der Waals surface area contributed by atoms with E-state index in [1.54, 1.807) is 38.4 Å². The fraction of sp³-hybridized carbons (Fsp3) is 0.292. The number of nitrogen functional groups attached to an aromatic ring is 1. The summed E-state index contributed by atoms with van der Waals surface area (Å²) in [5, 5.41) is 27.0. The van der Waals surface area contributed by atoms with Gasteiger partial charge in [0.25, 0.3) is 0 Å². The zero-order chi connectivity index (χ0) is 23.6. The minimum atomic E-state index is -0.969. The molecule has 6 N–H and O–H groups in total. The number of hydrogen-bond acceptors (Lipinski definition) is 8. The lowest BCUT2D eigenvalue weighted by atomic mass is 10.0. The van der Waals surface area contributed by atoms with Gasteiger partial charge in [0, 0.05) is 17.8 Å². The molecule has 0 fully saturated rings. The number of anilines is 3. The van der Waals surface area contributed by atoms with Gasteiger partial charge in [-0.3, -0.25) is 0 Å². The number of aromatic hydroxyl groups is 1. The summed E-state index contributed by atoms with van der Waals surface area (Å²) in [5.41, 5.74) is 8.48. The lowest BCUT2D eigenvalue weighted by Crippen LogP contribution is -2.39. The van der Waals surface area contributed by atoms with Crippen LogP contribution in [-0.2, 0) is 13.1 Å². The van der Waals surface area contributed by atoms with Crippen LogP contribution in [0.5, 0.6) is 5.75 Å². The molecule has 4 rings (SSSR count). The van der Waals surface area contributed by atoms with Crippen molar-refractivity contribution < 1.29 is 10.2 Å². The number of rotatable bonds is 8. The van der Waals surface area contributed by atoms with Crippen LogP contribution in [0.3, 0.4) is 0 Å². The molecule has 9 heteroatoms. The molecule has 0 amide bonds.